The van der Waals surface area contributed by atoms with Crippen molar-refractivity contribution in [1.82, 2.24) is 0 Å². The van der Waals surface area contributed by atoms with E-state index >= 15 is 0 Å². The van der Waals surface area contributed by atoms with Gasteiger partial charge in [-0.05, 0) is 148 Å². The Labute approximate surface area is 473 Å². The number of allylic oxidation sites excluding steroid dienone is 26. The number of carbonyl (C=O) groups excluding carboxylic acids is 3. The molecule has 6 heteroatoms. The van der Waals surface area contributed by atoms with E-state index in [1.54, 1.807) is 0 Å². The average Bonchev–Trinajstić information content (AvgIpc) is 3.43. The lowest BCUT2D eigenvalue weighted by molar-refractivity contribution is -0.167. The Morgan fingerprint density at radius 2 is 0.506 bits per heavy atom. The van der Waals surface area contributed by atoms with Crippen molar-refractivity contribution < 1.29 is 28.6 Å². The molecule has 0 N–H and O–H groups in total. The predicted octanol–water partition coefficient (Wildman–Crippen LogP) is 21.3. The maximum absolute atomic E-state index is 12.9. The van der Waals surface area contributed by atoms with Crippen LogP contribution in [-0.4, -0.2) is 37.2 Å². The van der Waals surface area contributed by atoms with E-state index in [9.17, 15) is 14.4 Å². The molecule has 0 aromatic heterocycles. The van der Waals surface area contributed by atoms with Gasteiger partial charge in [0.1, 0.15) is 13.2 Å². The van der Waals surface area contributed by atoms with Crippen LogP contribution in [-0.2, 0) is 28.6 Å². The molecule has 0 fully saturated rings. The highest BCUT2D eigenvalue weighted by Crippen LogP contribution is 2.13. The zero-order valence-electron chi connectivity index (χ0n) is 49.4. The van der Waals surface area contributed by atoms with Gasteiger partial charge in [-0.25, -0.2) is 0 Å². The van der Waals surface area contributed by atoms with Gasteiger partial charge < -0.3 is 14.2 Å². The molecular formula is C71H112O6. The molecule has 0 aromatic carbocycles. The molecule has 77 heavy (non-hydrogen) atoms. The quantitative estimate of drug-likeness (QED) is 0.0261. The molecule has 1 atom stereocenters. The van der Waals surface area contributed by atoms with Crippen LogP contribution in [0.4, 0.5) is 0 Å². The minimum atomic E-state index is -0.820. The fourth-order valence-corrected chi connectivity index (χ4v) is 7.91. The largest absolute Gasteiger partial charge is 0.462 e. The lowest BCUT2D eigenvalue weighted by Gasteiger charge is -2.18. The van der Waals surface area contributed by atoms with Crippen LogP contribution in [0.5, 0.6) is 0 Å². The summed E-state index contributed by atoms with van der Waals surface area (Å²) < 4.78 is 16.9. The molecule has 0 radical (unpaired) electrons. The molecular weight excluding hydrogens is 949 g/mol. The van der Waals surface area contributed by atoms with Crippen molar-refractivity contribution >= 4 is 17.9 Å². The summed E-state index contributed by atoms with van der Waals surface area (Å²) in [5, 5.41) is 0. The molecule has 0 rings (SSSR count). The van der Waals surface area contributed by atoms with Gasteiger partial charge in [-0.15, -0.1) is 0 Å². The lowest BCUT2D eigenvalue weighted by Crippen LogP contribution is -2.30. The Hall–Kier alpha value is -4.97. The number of esters is 3. The minimum Gasteiger partial charge on any atom is -0.462 e. The molecule has 0 aliphatic carbocycles. The summed E-state index contributed by atoms with van der Waals surface area (Å²) in [6.45, 7) is 6.32. The molecule has 0 spiro atoms. The van der Waals surface area contributed by atoms with Gasteiger partial charge in [0.25, 0.3) is 0 Å². The van der Waals surface area contributed by atoms with Crippen LogP contribution in [0.15, 0.2) is 158 Å². The van der Waals surface area contributed by atoms with Crippen molar-refractivity contribution in [3.63, 3.8) is 0 Å². The molecule has 1 unspecified atom stereocenters. The van der Waals surface area contributed by atoms with Gasteiger partial charge in [-0.3, -0.25) is 14.4 Å². The van der Waals surface area contributed by atoms with Crippen molar-refractivity contribution in [1.29, 1.82) is 0 Å². The SMILES string of the molecule is CC/C=C\C/C=C\C/C=C\C/C=C\C/C=C\C/C=C\CCCCC(=O)OCC(COC(=O)CCCCCCCCC/C=C\C/C=C\CCCCC)OC(=O)CCCCCCC/C=C\C/C=C\C/C=C\C/C=C\C/C=C\CC. The van der Waals surface area contributed by atoms with Crippen molar-refractivity contribution in [2.75, 3.05) is 13.2 Å². The van der Waals surface area contributed by atoms with E-state index in [4.69, 9.17) is 14.2 Å². The number of hydrogen-bond acceptors (Lipinski definition) is 6. The van der Waals surface area contributed by atoms with Crippen LogP contribution >= 0.6 is 0 Å². The fourth-order valence-electron chi connectivity index (χ4n) is 7.91. The Morgan fingerprint density at radius 3 is 0.818 bits per heavy atom. The van der Waals surface area contributed by atoms with E-state index in [0.29, 0.717) is 12.8 Å². The highest BCUT2D eigenvalue weighted by Gasteiger charge is 2.19. The molecule has 0 heterocycles. The number of unbranched alkanes of at least 4 members (excludes halogenated alkanes) is 17. The van der Waals surface area contributed by atoms with Crippen LogP contribution in [0.1, 0.15) is 252 Å². The topological polar surface area (TPSA) is 78.9 Å². The second-order valence-corrected chi connectivity index (χ2v) is 19.8. The summed E-state index contributed by atoms with van der Waals surface area (Å²) in [4.78, 5) is 38.3. The highest BCUT2D eigenvalue weighted by atomic mass is 16.6. The first kappa shape index (κ1) is 72.0. The second-order valence-electron chi connectivity index (χ2n) is 19.8. The molecule has 432 valence electrons. The van der Waals surface area contributed by atoms with Crippen LogP contribution in [0.3, 0.4) is 0 Å². The molecule has 0 aromatic rings. The fraction of sp³-hybridized carbons (Fsp3) is 0.592. The lowest BCUT2D eigenvalue weighted by atomic mass is 10.1. The van der Waals surface area contributed by atoms with Crippen LogP contribution < -0.4 is 0 Å². The standard InChI is InChI=1S/C71H112O6/c1-4-7-10-13-16-19-22-25-28-31-33-35-37-40-43-46-49-52-55-58-61-64-70(73)76-67-68(66-75-69(72)63-60-57-54-51-48-45-42-39-30-27-24-21-18-15-12-9-6-3)77-71(74)65-62-59-56-53-50-47-44-41-38-36-34-32-29-26-23-20-17-14-11-8-5-2/h7-8,10-11,16-21,25-30,33-36,40-41,43-44,49,52,68H,4-6,9,12-15,22-24,31-32,37-39,42,45-48,50-51,53-67H2,1-3H3/b10-7-,11-8-,19-16-,20-17-,21-18-,28-25-,29-26-,30-27-,35-33-,36-34-,43-40-,44-41-,52-49-. The zero-order chi connectivity index (χ0) is 55.7. The van der Waals surface area contributed by atoms with Gasteiger partial charge in [0, 0.05) is 19.3 Å². The van der Waals surface area contributed by atoms with Crippen molar-refractivity contribution in [2.24, 2.45) is 0 Å². The Kier molecular flexibility index (Phi) is 59.5. The van der Waals surface area contributed by atoms with Gasteiger partial charge in [0.05, 0.1) is 0 Å². The van der Waals surface area contributed by atoms with E-state index < -0.39 is 6.10 Å². The Bertz CT molecular complexity index is 1740. The number of carbonyl (C=O) groups is 3. The molecule has 0 amide bonds. The average molecular weight is 1060 g/mol. The summed E-state index contributed by atoms with van der Waals surface area (Å²) >= 11 is 0. The third-order valence-electron chi connectivity index (χ3n) is 12.5. The van der Waals surface area contributed by atoms with Crippen molar-refractivity contribution in [3.05, 3.63) is 158 Å². The summed E-state index contributed by atoms with van der Waals surface area (Å²) in [6, 6.07) is 0. The summed E-state index contributed by atoms with van der Waals surface area (Å²) in [6.07, 6.45) is 92.3. The first-order valence-electron chi connectivity index (χ1n) is 31.0. The predicted molar refractivity (Wildman–Crippen MR) is 334 cm³/mol. The van der Waals surface area contributed by atoms with Gasteiger partial charge in [0.15, 0.2) is 6.10 Å². The van der Waals surface area contributed by atoms with Crippen LogP contribution in [0.2, 0.25) is 0 Å². The van der Waals surface area contributed by atoms with E-state index in [1.165, 1.54) is 51.4 Å². The third-order valence-corrected chi connectivity index (χ3v) is 12.5. The number of rotatable bonds is 54. The Balaban J connectivity index is 4.56. The van der Waals surface area contributed by atoms with Crippen molar-refractivity contribution in [3.8, 4) is 0 Å². The van der Waals surface area contributed by atoms with Crippen molar-refractivity contribution in [2.45, 2.75) is 258 Å². The monoisotopic (exact) mass is 1060 g/mol. The van der Waals surface area contributed by atoms with Gasteiger partial charge in [-0.2, -0.15) is 0 Å². The second kappa shape index (κ2) is 63.6. The molecule has 6 nitrogen and oxygen atoms in total. The maximum atomic E-state index is 12.9. The van der Waals surface area contributed by atoms with Crippen LogP contribution in [0.25, 0.3) is 0 Å². The van der Waals surface area contributed by atoms with E-state index in [-0.39, 0.29) is 44.0 Å². The minimum absolute atomic E-state index is 0.111. The van der Waals surface area contributed by atoms with Gasteiger partial charge in [-0.1, -0.05) is 243 Å². The molecule has 0 aliphatic rings. The van der Waals surface area contributed by atoms with E-state index in [0.717, 1.165) is 154 Å². The summed E-state index contributed by atoms with van der Waals surface area (Å²) in [7, 11) is 0. The first-order chi connectivity index (χ1) is 38.0. The van der Waals surface area contributed by atoms with Crippen LogP contribution in [0, 0.1) is 0 Å². The normalized spacial score (nSPS) is 13.2. The van der Waals surface area contributed by atoms with E-state index in [2.05, 4.69) is 179 Å². The smallest absolute Gasteiger partial charge is 0.306 e. The maximum Gasteiger partial charge on any atom is 0.306 e. The summed E-state index contributed by atoms with van der Waals surface area (Å²) in [5.74, 6) is -0.986. The zero-order valence-corrected chi connectivity index (χ0v) is 49.4. The highest BCUT2D eigenvalue weighted by molar-refractivity contribution is 5.71. The first-order valence-corrected chi connectivity index (χ1v) is 31.0. The molecule has 0 bridgehead atoms. The molecule has 0 saturated heterocycles. The van der Waals surface area contributed by atoms with Gasteiger partial charge in [0.2, 0.25) is 0 Å². The molecule has 0 saturated carbocycles. The number of ether oxygens (including phenoxy) is 3. The molecule has 0 aliphatic heterocycles. The third kappa shape index (κ3) is 61.8. The summed E-state index contributed by atoms with van der Waals surface area (Å²) in [5.41, 5.74) is 0. The Morgan fingerprint density at radius 1 is 0.273 bits per heavy atom. The van der Waals surface area contributed by atoms with Gasteiger partial charge >= 0.3 is 17.9 Å². The van der Waals surface area contributed by atoms with E-state index in [1.807, 2.05) is 0 Å². The number of hydrogen-bond donors (Lipinski definition) is 0.